The molecule has 8 heteroatoms. The number of methoxy groups -OCH3 is 1. The predicted molar refractivity (Wildman–Crippen MR) is 121 cm³/mol. The number of benzene rings is 1. The van der Waals surface area contributed by atoms with Crippen molar-refractivity contribution >= 4 is 27.8 Å². The molecule has 0 bridgehead atoms. The second-order valence-corrected chi connectivity index (χ2v) is 7.84. The number of nitrogens with zero attached hydrogens (tertiary/aromatic N) is 4. The average Bonchev–Trinajstić information content (AvgIpc) is 3.22. The Kier molecular flexibility index (Phi) is 6.32. The highest BCUT2D eigenvalue weighted by Gasteiger charge is 2.23. The Morgan fingerprint density at radius 1 is 1.22 bits per heavy atom. The molecule has 8 nitrogen and oxygen atoms in total. The van der Waals surface area contributed by atoms with Crippen molar-refractivity contribution in [3.05, 3.63) is 70.5 Å². The van der Waals surface area contributed by atoms with Gasteiger partial charge in [0.2, 0.25) is 5.91 Å². The zero-order valence-electron chi connectivity index (χ0n) is 18.4. The smallest absolute Gasteiger partial charge is 0.347 e. The number of pyridine rings is 1. The molecular formula is C24H26N4O4. The Hall–Kier alpha value is -3.52. The topological polar surface area (TPSA) is 90.5 Å². The number of carbonyl (C=O) groups excluding carboxylic acids is 1. The zero-order valence-corrected chi connectivity index (χ0v) is 18.4. The van der Waals surface area contributed by atoms with Crippen molar-refractivity contribution in [1.29, 1.82) is 0 Å². The van der Waals surface area contributed by atoms with E-state index in [2.05, 4.69) is 10.1 Å². The van der Waals surface area contributed by atoms with Crippen LogP contribution in [0.25, 0.3) is 21.9 Å². The molecule has 32 heavy (non-hydrogen) atoms. The van der Waals surface area contributed by atoms with E-state index in [1.165, 1.54) is 6.20 Å². The molecule has 0 spiro atoms. The van der Waals surface area contributed by atoms with Crippen LogP contribution in [0.2, 0.25) is 0 Å². The van der Waals surface area contributed by atoms with Crippen LogP contribution in [0.4, 0.5) is 0 Å². The Bertz CT molecular complexity index is 1300. The third-order valence-electron chi connectivity index (χ3n) is 5.66. The Balaban J connectivity index is 1.70. The number of hydrogen-bond acceptors (Lipinski definition) is 6. The summed E-state index contributed by atoms with van der Waals surface area (Å²) >= 11 is 0. The van der Waals surface area contributed by atoms with Crippen molar-refractivity contribution in [1.82, 2.24) is 19.7 Å². The molecule has 3 aromatic heterocycles. The van der Waals surface area contributed by atoms with E-state index in [1.807, 2.05) is 43.0 Å². The van der Waals surface area contributed by atoms with Gasteiger partial charge in [0.25, 0.3) is 0 Å². The Morgan fingerprint density at radius 3 is 2.75 bits per heavy atom. The molecule has 1 atom stereocenters. The van der Waals surface area contributed by atoms with Gasteiger partial charge in [-0.15, -0.1) is 0 Å². The molecule has 0 aliphatic rings. The van der Waals surface area contributed by atoms with Gasteiger partial charge in [0.15, 0.2) is 0 Å². The van der Waals surface area contributed by atoms with Crippen molar-refractivity contribution in [3.8, 4) is 0 Å². The summed E-state index contributed by atoms with van der Waals surface area (Å²) in [6.07, 6.45) is 5.62. The van der Waals surface area contributed by atoms with Crippen molar-refractivity contribution in [2.75, 3.05) is 20.3 Å². The average molecular weight is 434 g/mol. The molecular weight excluding hydrogens is 408 g/mol. The van der Waals surface area contributed by atoms with Gasteiger partial charge < -0.3 is 14.1 Å². The van der Waals surface area contributed by atoms with Gasteiger partial charge in [-0.3, -0.25) is 14.5 Å². The van der Waals surface area contributed by atoms with E-state index in [1.54, 1.807) is 30.3 Å². The molecule has 0 saturated heterocycles. The summed E-state index contributed by atoms with van der Waals surface area (Å²) < 4.78 is 12.2. The molecule has 0 radical (unpaired) electrons. The van der Waals surface area contributed by atoms with Gasteiger partial charge in [0, 0.05) is 38.0 Å². The minimum Gasteiger partial charge on any atom is -0.422 e. The number of hydrogen-bond donors (Lipinski definition) is 0. The van der Waals surface area contributed by atoms with Crippen LogP contribution in [0.1, 0.15) is 30.5 Å². The monoisotopic (exact) mass is 434 g/mol. The van der Waals surface area contributed by atoms with Crippen LogP contribution in [0.5, 0.6) is 0 Å². The number of carbonyl (C=O) groups is 1. The third kappa shape index (κ3) is 4.27. The maximum Gasteiger partial charge on any atom is 0.347 e. The summed E-state index contributed by atoms with van der Waals surface area (Å²) in [5, 5.41) is 5.49. The molecule has 4 aromatic rings. The molecule has 0 N–H and O–H groups in total. The van der Waals surface area contributed by atoms with E-state index < -0.39 is 5.63 Å². The molecule has 0 aliphatic carbocycles. The van der Waals surface area contributed by atoms with Crippen molar-refractivity contribution < 1.29 is 13.9 Å². The number of rotatable bonds is 8. The van der Waals surface area contributed by atoms with E-state index in [9.17, 15) is 9.59 Å². The SMILES string of the molecule is COCCCN(C(=O)Cn1ncc2c(=O)oc3ccc(C)cc3c21)[C@H](C)c1ccncc1. The van der Waals surface area contributed by atoms with Gasteiger partial charge in [-0.1, -0.05) is 11.6 Å². The number of fused-ring (bicyclic) bond motifs is 3. The van der Waals surface area contributed by atoms with Gasteiger partial charge in [0.05, 0.1) is 17.8 Å². The minimum absolute atomic E-state index is 0.0123. The normalized spacial score (nSPS) is 12.3. The van der Waals surface area contributed by atoms with E-state index in [0.29, 0.717) is 36.1 Å². The van der Waals surface area contributed by atoms with Crippen LogP contribution in [-0.4, -0.2) is 45.8 Å². The van der Waals surface area contributed by atoms with Crippen LogP contribution in [0.15, 0.2) is 58.1 Å². The number of amides is 1. The lowest BCUT2D eigenvalue weighted by Crippen LogP contribution is -2.37. The first-order chi connectivity index (χ1) is 15.5. The van der Waals surface area contributed by atoms with Crippen molar-refractivity contribution in [2.45, 2.75) is 32.9 Å². The van der Waals surface area contributed by atoms with Gasteiger partial charge in [-0.05, 0) is 50.1 Å². The maximum atomic E-state index is 13.5. The highest BCUT2D eigenvalue weighted by molar-refractivity contribution is 6.02. The highest BCUT2D eigenvalue weighted by atomic mass is 16.5. The minimum atomic E-state index is -0.461. The van der Waals surface area contributed by atoms with Gasteiger partial charge >= 0.3 is 5.63 Å². The molecule has 0 unspecified atom stereocenters. The lowest BCUT2D eigenvalue weighted by molar-refractivity contribution is -0.134. The second-order valence-electron chi connectivity index (χ2n) is 7.84. The largest absolute Gasteiger partial charge is 0.422 e. The fraction of sp³-hybridized carbons (Fsp3) is 0.333. The Morgan fingerprint density at radius 2 is 2.00 bits per heavy atom. The lowest BCUT2D eigenvalue weighted by atomic mass is 10.1. The second kappa shape index (κ2) is 9.32. The summed E-state index contributed by atoms with van der Waals surface area (Å²) in [5.74, 6) is -0.0931. The summed E-state index contributed by atoms with van der Waals surface area (Å²) in [7, 11) is 1.65. The summed E-state index contributed by atoms with van der Waals surface area (Å²) in [6.45, 7) is 5.07. The fourth-order valence-electron chi connectivity index (χ4n) is 3.97. The standard InChI is InChI=1S/C24H26N4O4/c1-16-5-6-21-19(13-16)23-20(24(30)32-21)14-26-28(23)15-22(29)27(11-4-12-31-3)17(2)18-7-9-25-10-8-18/h5-10,13-14,17H,4,11-12,15H2,1-3H3/t17-/m1/s1. The van der Waals surface area contributed by atoms with Gasteiger partial charge in [-0.2, -0.15) is 5.10 Å². The van der Waals surface area contributed by atoms with Crippen molar-refractivity contribution in [3.63, 3.8) is 0 Å². The van der Waals surface area contributed by atoms with Crippen LogP contribution in [-0.2, 0) is 16.1 Å². The first-order valence-electron chi connectivity index (χ1n) is 10.6. The zero-order chi connectivity index (χ0) is 22.7. The summed E-state index contributed by atoms with van der Waals surface area (Å²) in [5.41, 5.74) is 2.65. The van der Waals surface area contributed by atoms with Gasteiger partial charge in [0.1, 0.15) is 17.5 Å². The number of ether oxygens (including phenoxy) is 1. The maximum absolute atomic E-state index is 13.5. The quantitative estimate of drug-likeness (QED) is 0.312. The molecule has 1 amide bonds. The van der Waals surface area contributed by atoms with E-state index in [0.717, 1.165) is 16.5 Å². The molecule has 4 rings (SSSR count). The van der Waals surface area contributed by atoms with Crippen LogP contribution in [0, 0.1) is 6.92 Å². The molecule has 0 saturated carbocycles. The summed E-state index contributed by atoms with van der Waals surface area (Å²) in [6, 6.07) is 9.27. The van der Waals surface area contributed by atoms with E-state index in [-0.39, 0.29) is 18.5 Å². The molecule has 3 heterocycles. The molecule has 0 fully saturated rings. The number of aromatic nitrogens is 3. The molecule has 166 valence electrons. The number of aryl methyl sites for hydroxylation is 1. The first-order valence-corrected chi connectivity index (χ1v) is 10.6. The highest BCUT2D eigenvalue weighted by Crippen LogP contribution is 2.25. The Labute approximate surface area is 185 Å². The third-order valence-corrected chi connectivity index (χ3v) is 5.66. The van der Waals surface area contributed by atoms with E-state index >= 15 is 0 Å². The fourth-order valence-corrected chi connectivity index (χ4v) is 3.97. The lowest BCUT2D eigenvalue weighted by Gasteiger charge is -2.30. The summed E-state index contributed by atoms with van der Waals surface area (Å²) in [4.78, 5) is 31.8. The first kappa shape index (κ1) is 21.7. The van der Waals surface area contributed by atoms with Crippen LogP contribution < -0.4 is 5.63 Å². The van der Waals surface area contributed by atoms with Crippen LogP contribution in [0.3, 0.4) is 0 Å². The molecule has 0 aliphatic heterocycles. The van der Waals surface area contributed by atoms with Crippen molar-refractivity contribution in [2.24, 2.45) is 0 Å². The molecule has 1 aromatic carbocycles. The predicted octanol–water partition coefficient (Wildman–Crippen LogP) is 3.47. The van der Waals surface area contributed by atoms with Gasteiger partial charge in [-0.25, -0.2) is 4.79 Å². The van der Waals surface area contributed by atoms with E-state index in [4.69, 9.17) is 9.15 Å². The van der Waals surface area contributed by atoms with Crippen LogP contribution >= 0.6 is 0 Å².